The predicted octanol–water partition coefficient (Wildman–Crippen LogP) is -0.148. The van der Waals surface area contributed by atoms with Gasteiger partial charge in [0.2, 0.25) is 6.17 Å². The third kappa shape index (κ3) is 1.27. The molecule has 0 aliphatic carbocycles. The molecule has 0 aromatic carbocycles. The number of halogens is 1. The largest absolute Gasteiger partial charge is 0.366 e. The summed E-state index contributed by atoms with van der Waals surface area (Å²) in [6, 6.07) is 0. The second-order valence-electron chi connectivity index (χ2n) is 1.76. The number of nitrogens with two attached hydrogens (primary N) is 1. The topological polar surface area (TPSA) is 58.7 Å². The monoisotopic (exact) mass is 159 g/mol. The van der Waals surface area contributed by atoms with Crippen molar-refractivity contribution in [2.24, 2.45) is 10.7 Å². The Morgan fingerprint density at radius 3 is 2.90 bits per heavy atom. The molecule has 0 saturated heterocycles. The zero-order valence-electron chi connectivity index (χ0n) is 5.07. The van der Waals surface area contributed by atoms with Gasteiger partial charge in [0.15, 0.2) is 0 Å². The fraction of sp³-hybridized carbons (Fsp3) is 0.200. The summed E-state index contributed by atoms with van der Waals surface area (Å²) in [6.07, 6.45) is 3.86. The van der Waals surface area contributed by atoms with Crippen LogP contribution < -0.4 is 5.73 Å². The van der Waals surface area contributed by atoms with Gasteiger partial charge in [0.1, 0.15) is 0 Å². The number of nitrogens with zero attached hydrogens (tertiary/aromatic N) is 2. The van der Waals surface area contributed by atoms with Crippen LogP contribution in [0.25, 0.3) is 0 Å². The van der Waals surface area contributed by atoms with Crippen molar-refractivity contribution in [2.75, 3.05) is 0 Å². The third-order valence-electron chi connectivity index (χ3n) is 1.03. The Balaban J connectivity index is 2.70. The van der Waals surface area contributed by atoms with Gasteiger partial charge in [-0.3, -0.25) is 14.2 Å². The highest BCUT2D eigenvalue weighted by atomic mass is 35.5. The van der Waals surface area contributed by atoms with E-state index in [1.807, 2.05) is 0 Å². The molecule has 0 radical (unpaired) electrons. The Kier molecular flexibility index (Phi) is 1.91. The zero-order chi connectivity index (χ0) is 7.56. The smallest absolute Gasteiger partial charge is 0.264 e. The highest BCUT2D eigenvalue weighted by molar-refractivity contribution is 6.16. The van der Waals surface area contributed by atoms with Crippen LogP contribution in [0.5, 0.6) is 0 Å². The molecule has 0 spiro atoms. The molecule has 10 heavy (non-hydrogen) atoms. The van der Waals surface area contributed by atoms with Crippen molar-refractivity contribution in [1.82, 2.24) is 4.42 Å². The van der Waals surface area contributed by atoms with Crippen molar-refractivity contribution in [3.05, 3.63) is 12.3 Å². The van der Waals surface area contributed by atoms with Gasteiger partial charge in [-0.2, -0.15) is 0 Å². The van der Waals surface area contributed by atoms with Gasteiger partial charge in [-0.05, 0) is 6.08 Å². The Morgan fingerprint density at radius 2 is 2.50 bits per heavy atom. The molecule has 0 fully saturated rings. The summed E-state index contributed by atoms with van der Waals surface area (Å²) in [5.74, 6) is -0.560. The van der Waals surface area contributed by atoms with E-state index < -0.39 is 12.1 Å². The molecule has 2 N–H and O–H groups in total. The number of primary amides is 1. The molecule has 1 aliphatic heterocycles. The van der Waals surface area contributed by atoms with Crippen LogP contribution in [0.1, 0.15) is 0 Å². The van der Waals surface area contributed by atoms with Crippen LogP contribution in [0.3, 0.4) is 0 Å². The number of aliphatic imine (C=N–C) groups is 1. The summed E-state index contributed by atoms with van der Waals surface area (Å²) in [5, 5.41) is 0. The molecule has 0 aromatic heterocycles. The van der Waals surface area contributed by atoms with E-state index in [-0.39, 0.29) is 0 Å². The van der Waals surface area contributed by atoms with Crippen molar-refractivity contribution in [1.29, 1.82) is 0 Å². The van der Waals surface area contributed by atoms with Crippen molar-refractivity contribution >= 4 is 23.9 Å². The van der Waals surface area contributed by atoms with Crippen molar-refractivity contribution < 1.29 is 4.79 Å². The molecular weight excluding hydrogens is 154 g/mol. The lowest BCUT2D eigenvalue weighted by atomic mass is 10.4. The van der Waals surface area contributed by atoms with E-state index in [1.54, 1.807) is 6.08 Å². The van der Waals surface area contributed by atoms with Crippen LogP contribution in [0.2, 0.25) is 0 Å². The first-order valence-corrected chi connectivity index (χ1v) is 2.99. The van der Waals surface area contributed by atoms with Crippen LogP contribution in [0.15, 0.2) is 17.3 Å². The lowest BCUT2D eigenvalue weighted by Crippen LogP contribution is -2.36. The average Bonchev–Trinajstić information content (AvgIpc) is 1.88. The molecule has 0 bridgehead atoms. The SMILES string of the molecule is NC(=O)C1N=CC=CN1Cl. The fourth-order valence-corrected chi connectivity index (χ4v) is 0.804. The van der Waals surface area contributed by atoms with Gasteiger partial charge >= 0.3 is 0 Å². The molecule has 1 unspecified atom stereocenters. The maximum absolute atomic E-state index is 10.5. The van der Waals surface area contributed by atoms with E-state index in [2.05, 4.69) is 4.99 Å². The van der Waals surface area contributed by atoms with Gasteiger partial charge in [0, 0.05) is 24.2 Å². The molecule has 1 amide bonds. The van der Waals surface area contributed by atoms with Gasteiger partial charge in [-0.25, -0.2) is 0 Å². The minimum atomic E-state index is -0.758. The van der Waals surface area contributed by atoms with E-state index in [4.69, 9.17) is 17.5 Å². The molecular formula is C5H6ClN3O. The average molecular weight is 160 g/mol. The minimum Gasteiger partial charge on any atom is -0.366 e. The molecule has 5 heteroatoms. The third-order valence-corrected chi connectivity index (χ3v) is 1.33. The number of hydrogen-bond acceptors (Lipinski definition) is 3. The summed E-state index contributed by atoms with van der Waals surface area (Å²) >= 11 is 5.51. The summed E-state index contributed by atoms with van der Waals surface area (Å²) in [6.45, 7) is 0. The van der Waals surface area contributed by atoms with Crippen molar-refractivity contribution in [3.63, 3.8) is 0 Å². The predicted molar refractivity (Wildman–Crippen MR) is 38.3 cm³/mol. The van der Waals surface area contributed by atoms with Crippen molar-refractivity contribution in [3.8, 4) is 0 Å². The fourth-order valence-electron chi connectivity index (χ4n) is 0.592. The number of allylic oxidation sites excluding steroid dienone is 1. The normalized spacial score (nSPS) is 23.3. The maximum atomic E-state index is 10.5. The van der Waals surface area contributed by atoms with E-state index in [9.17, 15) is 4.79 Å². The van der Waals surface area contributed by atoms with Crippen LogP contribution in [-0.2, 0) is 4.79 Å². The first-order valence-electron chi connectivity index (χ1n) is 2.65. The van der Waals surface area contributed by atoms with Crippen LogP contribution in [0.4, 0.5) is 0 Å². The Bertz CT molecular complexity index is 201. The number of hydrogen-bond donors (Lipinski definition) is 1. The van der Waals surface area contributed by atoms with Crippen LogP contribution in [-0.4, -0.2) is 22.7 Å². The molecule has 0 saturated carbocycles. The first-order chi connectivity index (χ1) is 4.72. The van der Waals surface area contributed by atoms with Gasteiger partial charge in [-0.1, -0.05) is 0 Å². The Morgan fingerprint density at radius 1 is 1.80 bits per heavy atom. The quantitative estimate of drug-likeness (QED) is 0.541. The molecule has 0 aromatic rings. The summed E-state index contributed by atoms with van der Waals surface area (Å²) in [7, 11) is 0. The second kappa shape index (κ2) is 2.70. The van der Waals surface area contributed by atoms with Gasteiger partial charge < -0.3 is 5.73 Å². The lowest BCUT2D eigenvalue weighted by Gasteiger charge is -2.18. The molecule has 1 rings (SSSR count). The summed E-state index contributed by atoms with van der Waals surface area (Å²) in [4.78, 5) is 14.2. The van der Waals surface area contributed by atoms with E-state index >= 15 is 0 Å². The Labute approximate surface area is 63.1 Å². The van der Waals surface area contributed by atoms with Crippen LogP contribution in [0, 0.1) is 0 Å². The zero-order valence-corrected chi connectivity index (χ0v) is 5.82. The highest BCUT2D eigenvalue weighted by Gasteiger charge is 2.18. The lowest BCUT2D eigenvalue weighted by molar-refractivity contribution is -0.120. The Hall–Kier alpha value is -1.03. The van der Waals surface area contributed by atoms with E-state index in [1.165, 1.54) is 12.4 Å². The number of rotatable bonds is 1. The maximum Gasteiger partial charge on any atom is 0.264 e. The molecule has 1 aliphatic rings. The number of amides is 1. The van der Waals surface area contributed by atoms with E-state index in [0.29, 0.717) is 0 Å². The molecule has 1 atom stereocenters. The molecule has 54 valence electrons. The van der Waals surface area contributed by atoms with Crippen molar-refractivity contribution in [2.45, 2.75) is 6.17 Å². The number of carbonyl (C=O) groups excluding carboxylic acids is 1. The molecule has 1 heterocycles. The second-order valence-corrected chi connectivity index (χ2v) is 2.15. The molecule has 4 nitrogen and oxygen atoms in total. The van der Waals surface area contributed by atoms with Gasteiger partial charge in [0.05, 0.1) is 0 Å². The minimum absolute atomic E-state index is 0.560. The van der Waals surface area contributed by atoms with Gasteiger partial charge in [-0.15, -0.1) is 0 Å². The van der Waals surface area contributed by atoms with E-state index in [0.717, 1.165) is 4.42 Å². The summed E-state index contributed by atoms with van der Waals surface area (Å²) in [5.41, 5.74) is 4.94. The summed E-state index contributed by atoms with van der Waals surface area (Å²) < 4.78 is 1.13. The highest BCUT2D eigenvalue weighted by Crippen LogP contribution is 2.07. The van der Waals surface area contributed by atoms with Crippen LogP contribution >= 0.6 is 11.8 Å². The van der Waals surface area contributed by atoms with Gasteiger partial charge in [0.25, 0.3) is 5.91 Å². The first kappa shape index (κ1) is 7.08. The number of carbonyl (C=O) groups is 1. The standard InChI is InChI=1S/C5H6ClN3O/c6-9-3-1-2-8-5(9)4(7)10/h1-3,5H,(H2,7,10).